The van der Waals surface area contributed by atoms with Crippen molar-refractivity contribution in [3.05, 3.63) is 0 Å². The van der Waals surface area contributed by atoms with Crippen molar-refractivity contribution in [2.75, 3.05) is 5.75 Å². The molecule has 1 aliphatic carbocycles. The van der Waals surface area contributed by atoms with E-state index >= 15 is 0 Å². The monoisotopic (exact) mass is 198 g/mol. The molecular weight excluding hydrogens is 180 g/mol. The van der Waals surface area contributed by atoms with Crippen LogP contribution in [-0.2, 0) is 0 Å². The van der Waals surface area contributed by atoms with E-state index in [0.29, 0.717) is 11.3 Å². The third kappa shape index (κ3) is 5.17. The van der Waals surface area contributed by atoms with Crippen LogP contribution < -0.4 is 5.32 Å². The van der Waals surface area contributed by atoms with Crippen LogP contribution in [0.3, 0.4) is 0 Å². The second kappa shape index (κ2) is 5.51. The molecule has 0 aromatic carbocycles. The molecule has 0 aliphatic heterocycles. The molecule has 1 saturated carbocycles. The summed E-state index contributed by atoms with van der Waals surface area (Å²) in [5, 5.41) is 12.9. The highest BCUT2D eigenvalue weighted by molar-refractivity contribution is 7.99. The second-order valence-electron chi connectivity index (χ2n) is 3.83. The Balaban J connectivity index is 2.05. The molecule has 1 aliphatic rings. The van der Waals surface area contributed by atoms with Gasteiger partial charge in [-0.25, -0.2) is 0 Å². The zero-order valence-corrected chi connectivity index (χ0v) is 9.23. The van der Waals surface area contributed by atoms with Crippen molar-refractivity contribution in [2.45, 2.75) is 50.4 Å². The van der Waals surface area contributed by atoms with Crippen LogP contribution >= 0.6 is 11.8 Å². The van der Waals surface area contributed by atoms with Gasteiger partial charge in [0.25, 0.3) is 0 Å². The largest absolute Gasteiger partial charge is 0.299 e. The van der Waals surface area contributed by atoms with Gasteiger partial charge in [-0.1, -0.05) is 13.8 Å². The van der Waals surface area contributed by atoms with Gasteiger partial charge in [0.15, 0.2) is 0 Å². The summed E-state index contributed by atoms with van der Waals surface area (Å²) < 4.78 is 0. The minimum Gasteiger partial charge on any atom is -0.299 e. The molecule has 1 fully saturated rings. The van der Waals surface area contributed by atoms with E-state index in [1.165, 1.54) is 12.8 Å². The first kappa shape index (κ1) is 10.9. The van der Waals surface area contributed by atoms with Crippen LogP contribution in [0.2, 0.25) is 0 Å². The fourth-order valence-corrected chi connectivity index (χ4v) is 1.98. The fraction of sp³-hybridized carbons (Fsp3) is 0.900. The van der Waals surface area contributed by atoms with E-state index in [1.54, 1.807) is 0 Å². The Kier molecular flexibility index (Phi) is 4.61. The molecule has 13 heavy (non-hydrogen) atoms. The lowest BCUT2D eigenvalue weighted by Gasteiger charge is -2.10. The van der Waals surface area contributed by atoms with Gasteiger partial charge in [0, 0.05) is 6.04 Å². The molecular formula is C10H18N2S. The Morgan fingerprint density at radius 2 is 2.23 bits per heavy atom. The SMILES string of the molecule is CC(C)SCCC(C#N)NC1CC1. The summed E-state index contributed by atoms with van der Waals surface area (Å²) in [6.45, 7) is 4.39. The summed E-state index contributed by atoms with van der Waals surface area (Å²) in [6, 6.07) is 3.05. The van der Waals surface area contributed by atoms with E-state index < -0.39 is 0 Å². The number of hydrogen-bond donors (Lipinski definition) is 1. The van der Waals surface area contributed by atoms with Crippen LogP contribution in [-0.4, -0.2) is 23.1 Å². The van der Waals surface area contributed by atoms with Gasteiger partial charge in [-0.05, 0) is 30.3 Å². The molecule has 1 N–H and O–H groups in total. The minimum atomic E-state index is 0.0822. The van der Waals surface area contributed by atoms with Gasteiger partial charge in [0.2, 0.25) is 0 Å². The van der Waals surface area contributed by atoms with Crippen molar-refractivity contribution >= 4 is 11.8 Å². The Morgan fingerprint density at radius 1 is 1.54 bits per heavy atom. The Labute approximate surface area is 85.1 Å². The average molecular weight is 198 g/mol. The summed E-state index contributed by atoms with van der Waals surface area (Å²) >= 11 is 1.93. The van der Waals surface area contributed by atoms with Gasteiger partial charge in [0.1, 0.15) is 0 Å². The molecule has 1 unspecified atom stereocenters. The van der Waals surface area contributed by atoms with E-state index in [0.717, 1.165) is 12.2 Å². The quantitative estimate of drug-likeness (QED) is 0.710. The van der Waals surface area contributed by atoms with E-state index in [-0.39, 0.29) is 6.04 Å². The van der Waals surface area contributed by atoms with Gasteiger partial charge in [-0.3, -0.25) is 5.32 Å². The van der Waals surface area contributed by atoms with Crippen LogP contribution in [0.1, 0.15) is 33.1 Å². The van der Waals surface area contributed by atoms with E-state index in [4.69, 9.17) is 5.26 Å². The predicted molar refractivity (Wildman–Crippen MR) is 57.8 cm³/mol. The molecule has 1 atom stereocenters. The lowest BCUT2D eigenvalue weighted by Crippen LogP contribution is -2.30. The van der Waals surface area contributed by atoms with Crippen molar-refractivity contribution < 1.29 is 0 Å². The van der Waals surface area contributed by atoms with Crippen LogP contribution in [0, 0.1) is 11.3 Å². The normalized spacial score (nSPS) is 18.6. The van der Waals surface area contributed by atoms with Gasteiger partial charge >= 0.3 is 0 Å². The molecule has 3 heteroatoms. The first-order chi connectivity index (χ1) is 6.22. The topological polar surface area (TPSA) is 35.8 Å². The summed E-state index contributed by atoms with van der Waals surface area (Å²) in [7, 11) is 0. The lowest BCUT2D eigenvalue weighted by molar-refractivity contribution is 0.587. The molecule has 0 spiro atoms. The van der Waals surface area contributed by atoms with Crippen molar-refractivity contribution in [2.24, 2.45) is 0 Å². The standard InChI is InChI=1S/C10H18N2S/c1-8(2)13-6-5-10(7-11)12-9-3-4-9/h8-10,12H,3-6H2,1-2H3. The van der Waals surface area contributed by atoms with E-state index in [2.05, 4.69) is 25.2 Å². The lowest BCUT2D eigenvalue weighted by atomic mass is 10.2. The highest BCUT2D eigenvalue weighted by Crippen LogP contribution is 2.20. The number of nitrogens with one attached hydrogen (secondary N) is 1. The smallest absolute Gasteiger partial charge is 0.0963 e. The Hall–Kier alpha value is -0.200. The molecule has 0 aromatic rings. The zero-order valence-electron chi connectivity index (χ0n) is 8.42. The number of nitriles is 1. The van der Waals surface area contributed by atoms with Crippen molar-refractivity contribution in [1.82, 2.24) is 5.32 Å². The highest BCUT2D eigenvalue weighted by Gasteiger charge is 2.24. The van der Waals surface area contributed by atoms with E-state index in [9.17, 15) is 0 Å². The van der Waals surface area contributed by atoms with Crippen molar-refractivity contribution in [3.63, 3.8) is 0 Å². The van der Waals surface area contributed by atoms with Gasteiger partial charge in [-0.2, -0.15) is 17.0 Å². The molecule has 0 radical (unpaired) electrons. The highest BCUT2D eigenvalue weighted by atomic mass is 32.2. The first-order valence-corrected chi connectivity index (χ1v) is 6.04. The van der Waals surface area contributed by atoms with Gasteiger partial charge < -0.3 is 0 Å². The Bertz CT molecular complexity index is 182. The van der Waals surface area contributed by atoms with Gasteiger partial charge in [0.05, 0.1) is 12.1 Å². The Morgan fingerprint density at radius 3 is 2.69 bits per heavy atom. The van der Waals surface area contributed by atoms with Crippen LogP contribution in [0.15, 0.2) is 0 Å². The molecule has 74 valence electrons. The van der Waals surface area contributed by atoms with Crippen LogP contribution in [0.25, 0.3) is 0 Å². The third-order valence-corrected chi connectivity index (χ3v) is 3.17. The van der Waals surface area contributed by atoms with Crippen LogP contribution in [0.5, 0.6) is 0 Å². The predicted octanol–water partition coefficient (Wildman–Crippen LogP) is 2.16. The molecule has 0 heterocycles. The van der Waals surface area contributed by atoms with E-state index in [1.807, 2.05) is 11.8 Å². The summed E-state index contributed by atoms with van der Waals surface area (Å²) in [5.41, 5.74) is 0. The minimum absolute atomic E-state index is 0.0822. The molecule has 0 amide bonds. The summed E-state index contributed by atoms with van der Waals surface area (Å²) in [5.74, 6) is 1.09. The first-order valence-electron chi connectivity index (χ1n) is 4.99. The summed E-state index contributed by atoms with van der Waals surface area (Å²) in [4.78, 5) is 0. The second-order valence-corrected chi connectivity index (χ2v) is 5.52. The molecule has 0 saturated heterocycles. The number of thioether (sulfide) groups is 1. The maximum atomic E-state index is 8.85. The molecule has 0 aromatic heterocycles. The third-order valence-electron chi connectivity index (χ3n) is 2.03. The number of nitrogens with zero attached hydrogens (tertiary/aromatic N) is 1. The summed E-state index contributed by atoms with van der Waals surface area (Å²) in [6.07, 6.45) is 3.50. The number of hydrogen-bond acceptors (Lipinski definition) is 3. The molecule has 2 nitrogen and oxygen atoms in total. The van der Waals surface area contributed by atoms with Crippen molar-refractivity contribution in [3.8, 4) is 6.07 Å². The molecule has 1 rings (SSSR count). The van der Waals surface area contributed by atoms with Gasteiger partial charge in [-0.15, -0.1) is 0 Å². The average Bonchev–Trinajstić information content (AvgIpc) is 2.86. The zero-order chi connectivity index (χ0) is 9.68. The van der Waals surface area contributed by atoms with Crippen LogP contribution in [0.4, 0.5) is 0 Å². The maximum Gasteiger partial charge on any atom is 0.0963 e. The number of rotatable bonds is 6. The maximum absolute atomic E-state index is 8.85. The van der Waals surface area contributed by atoms with Crippen molar-refractivity contribution in [1.29, 1.82) is 5.26 Å². The molecule has 0 bridgehead atoms. The fourth-order valence-electron chi connectivity index (χ4n) is 1.14.